The number of ether oxygens (including phenoxy) is 1. The van der Waals surface area contributed by atoms with Crippen molar-refractivity contribution >= 4 is 16.7 Å². The molecule has 0 amide bonds. The zero-order valence-electron chi connectivity index (χ0n) is 16.6. The summed E-state index contributed by atoms with van der Waals surface area (Å²) in [5.74, 6) is -5.88. The van der Waals surface area contributed by atoms with E-state index in [2.05, 4.69) is 6.92 Å². The van der Waals surface area contributed by atoms with Gasteiger partial charge < -0.3 is 4.74 Å². The molecule has 3 aromatic carbocycles. The van der Waals surface area contributed by atoms with E-state index in [9.17, 15) is 22.4 Å². The largest absolute Gasteiger partial charge is 0.423 e. The van der Waals surface area contributed by atoms with Gasteiger partial charge in [0.1, 0.15) is 11.6 Å². The van der Waals surface area contributed by atoms with Crippen molar-refractivity contribution in [1.29, 1.82) is 0 Å². The topological polar surface area (TPSA) is 26.3 Å². The maximum Gasteiger partial charge on any atom is 0.346 e. The molecule has 0 bridgehead atoms. The Bertz CT molecular complexity index is 1060. The maximum atomic E-state index is 14.4. The molecular weight excluding hydrogens is 396 g/mol. The highest BCUT2D eigenvalue weighted by Crippen LogP contribution is 2.27. The van der Waals surface area contributed by atoms with Gasteiger partial charge >= 0.3 is 5.97 Å². The van der Waals surface area contributed by atoms with Crippen LogP contribution in [-0.4, -0.2) is 5.97 Å². The van der Waals surface area contributed by atoms with Gasteiger partial charge in [-0.25, -0.2) is 22.4 Å². The van der Waals surface area contributed by atoms with Crippen LogP contribution in [0.2, 0.25) is 0 Å². The monoisotopic (exact) mass is 418 g/mol. The van der Waals surface area contributed by atoms with Crippen LogP contribution < -0.4 is 4.74 Å². The number of carbonyl (C=O) groups is 1. The molecule has 0 aliphatic rings. The van der Waals surface area contributed by atoms with Crippen molar-refractivity contribution in [3.63, 3.8) is 0 Å². The van der Waals surface area contributed by atoms with E-state index in [4.69, 9.17) is 4.74 Å². The molecule has 0 fully saturated rings. The second-order valence-electron chi connectivity index (χ2n) is 7.24. The summed E-state index contributed by atoms with van der Waals surface area (Å²) in [7, 11) is 0. The highest BCUT2D eigenvalue weighted by molar-refractivity contribution is 5.92. The lowest BCUT2D eigenvalue weighted by atomic mass is 10.0. The Hall–Kier alpha value is -2.89. The molecule has 3 aromatic rings. The van der Waals surface area contributed by atoms with Crippen LogP contribution >= 0.6 is 0 Å². The molecule has 0 aliphatic carbocycles. The normalized spacial score (nSPS) is 11.1. The summed E-state index contributed by atoms with van der Waals surface area (Å²) >= 11 is 0. The summed E-state index contributed by atoms with van der Waals surface area (Å²) in [5, 5.41) is -0.126. The first kappa shape index (κ1) is 21.8. The molecule has 0 atom stereocenters. The lowest BCUT2D eigenvalue weighted by Gasteiger charge is -2.09. The standard InChI is InChI=1S/C24H22F4O2/c1-2-3-4-5-6-7-15-8-10-19(20(25)12-15)24(29)30-17-9-11-18-16(13-17)14-21(26)23(28)22(18)27/h8-14H,2-7H2,1H3. The molecule has 0 radical (unpaired) electrons. The van der Waals surface area contributed by atoms with E-state index < -0.39 is 29.2 Å². The van der Waals surface area contributed by atoms with Gasteiger partial charge in [0.2, 0.25) is 0 Å². The Morgan fingerprint density at radius 3 is 2.33 bits per heavy atom. The second kappa shape index (κ2) is 9.74. The fraction of sp³-hybridized carbons (Fsp3) is 0.292. The summed E-state index contributed by atoms with van der Waals surface area (Å²) in [5.41, 5.74) is 0.570. The quantitative estimate of drug-likeness (QED) is 0.128. The van der Waals surface area contributed by atoms with E-state index in [1.165, 1.54) is 36.8 Å². The number of carbonyl (C=O) groups excluding carboxylic acids is 1. The van der Waals surface area contributed by atoms with Crippen molar-refractivity contribution in [2.75, 3.05) is 0 Å². The molecule has 0 unspecified atom stereocenters. The number of rotatable bonds is 8. The van der Waals surface area contributed by atoms with Crippen LogP contribution in [0.25, 0.3) is 10.8 Å². The number of benzene rings is 3. The zero-order chi connectivity index (χ0) is 21.7. The third-order valence-electron chi connectivity index (χ3n) is 4.98. The Morgan fingerprint density at radius 2 is 1.60 bits per heavy atom. The first-order valence-corrected chi connectivity index (χ1v) is 9.98. The van der Waals surface area contributed by atoms with Crippen LogP contribution in [0.4, 0.5) is 17.6 Å². The minimum absolute atomic E-state index is 0.0237. The van der Waals surface area contributed by atoms with Gasteiger partial charge in [-0.1, -0.05) is 38.7 Å². The van der Waals surface area contributed by atoms with E-state index in [0.717, 1.165) is 43.7 Å². The van der Waals surface area contributed by atoms with Crippen molar-refractivity contribution in [1.82, 2.24) is 0 Å². The Morgan fingerprint density at radius 1 is 0.833 bits per heavy atom. The summed E-state index contributed by atoms with van der Waals surface area (Å²) in [4.78, 5) is 12.3. The molecular formula is C24H22F4O2. The predicted octanol–water partition coefficient (Wildman–Crippen LogP) is 7.13. The lowest BCUT2D eigenvalue weighted by molar-refractivity contribution is 0.0730. The van der Waals surface area contributed by atoms with E-state index in [0.29, 0.717) is 0 Å². The van der Waals surface area contributed by atoms with Gasteiger partial charge in [-0.2, -0.15) is 0 Å². The van der Waals surface area contributed by atoms with Crippen molar-refractivity contribution in [3.05, 3.63) is 76.9 Å². The number of hydrogen-bond donors (Lipinski definition) is 0. The molecule has 3 rings (SSSR count). The molecule has 158 valence electrons. The van der Waals surface area contributed by atoms with Crippen LogP contribution in [0.15, 0.2) is 42.5 Å². The van der Waals surface area contributed by atoms with Crippen LogP contribution in [0.3, 0.4) is 0 Å². The summed E-state index contributed by atoms with van der Waals surface area (Å²) < 4.78 is 60.1. The van der Waals surface area contributed by atoms with Crippen LogP contribution in [0.5, 0.6) is 5.75 Å². The van der Waals surface area contributed by atoms with Gasteiger partial charge in [-0.05, 0) is 60.2 Å². The van der Waals surface area contributed by atoms with Gasteiger partial charge in [-0.3, -0.25) is 0 Å². The molecule has 0 saturated heterocycles. The van der Waals surface area contributed by atoms with E-state index in [-0.39, 0.29) is 22.1 Å². The van der Waals surface area contributed by atoms with Gasteiger partial charge in [0.25, 0.3) is 0 Å². The Labute approximate surface area is 172 Å². The maximum absolute atomic E-state index is 14.4. The van der Waals surface area contributed by atoms with E-state index >= 15 is 0 Å². The lowest BCUT2D eigenvalue weighted by Crippen LogP contribution is -2.11. The average molecular weight is 418 g/mol. The van der Waals surface area contributed by atoms with Gasteiger partial charge in [-0.15, -0.1) is 0 Å². The predicted molar refractivity (Wildman–Crippen MR) is 108 cm³/mol. The molecule has 0 aromatic heterocycles. The van der Waals surface area contributed by atoms with Gasteiger partial charge in [0.05, 0.1) is 5.56 Å². The highest BCUT2D eigenvalue weighted by Gasteiger charge is 2.17. The van der Waals surface area contributed by atoms with Crippen LogP contribution in [0.1, 0.15) is 54.9 Å². The number of unbranched alkanes of at least 4 members (excludes halogenated alkanes) is 4. The summed E-state index contributed by atoms with van der Waals surface area (Å²) in [6, 6.07) is 8.80. The smallest absolute Gasteiger partial charge is 0.346 e. The van der Waals surface area contributed by atoms with Crippen LogP contribution in [0, 0.1) is 23.3 Å². The minimum Gasteiger partial charge on any atom is -0.423 e. The first-order chi connectivity index (χ1) is 14.4. The second-order valence-corrected chi connectivity index (χ2v) is 7.24. The molecule has 6 heteroatoms. The number of fused-ring (bicyclic) bond motifs is 1. The molecule has 0 saturated carbocycles. The minimum atomic E-state index is -1.57. The molecule has 2 nitrogen and oxygen atoms in total. The summed E-state index contributed by atoms with van der Waals surface area (Å²) in [6.07, 6.45) is 6.25. The van der Waals surface area contributed by atoms with Crippen molar-refractivity contribution in [3.8, 4) is 5.75 Å². The fourth-order valence-electron chi connectivity index (χ4n) is 3.32. The number of aryl methyl sites for hydroxylation is 1. The molecule has 30 heavy (non-hydrogen) atoms. The third kappa shape index (κ3) is 4.99. The van der Waals surface area contributed by atoms with Gasteiger partial charge in [0, 0.05) is 5.39 Å². The van der Waals surface area contributed by atoms with Crippen LogP contribution in [-0.2, 0) is 6.42 Å². The SMILES string of the molecule is CCCCCCCc1ccc(C(=O)Oc2ccc3c(F)c(F)c(F)cc3c2)c(F)c1. The van der Waals surface area contributed by atoms with Crippen molar-refractivity contribution in [2.24, 2.45) is 0 Å². The third-order valence-corrected chi connectivity index (χ3v) is 4.98. The highest BCUT2D eigenvalue weighted by atomic mass is 19.2. The van der Waals surface area contributed by atoms with E-state index in [1.54, 1.807) is 6.07 Å². The average Bonchev–Trinajstić information content (AvgIpc) is 2.72. The number of hydrogen-bond acceptors (Lipinski definition) is 2. The fourth-order valence-corrected chi connectivity index (χ4v) is 3.32. The zero-order valence-corrected chi connectivity index (χ0v) is 16.6. The van der Waals surface area contributed by atoms with Crippen molar-refractivity contribution in [2.45, 2.75) is 45.4 Å². The van der Waals surface area contributed by atoms with Crippen molar-refractivity contribution < 1.29 is 27.1 Å². The summed E-state index contributed by atoms with van der Waals surface area (Å²) in [6.45, 7) is 2.14. The first-order valence-electron chi connectivity index (χ1n) is 9.98. The molecule has 0 N–H and O–H groups in total. The van der Waals surface area contributed by atoms with E-state index in [1.807, 2.05) is 0 Å². The Balaban J connectivity index is 1.70. The molecule has 0 aliphatic heterocycles. The number of esters is 1. The Kier molecular flexibility index (Phi) is 7.08. The molecule has 0 spiro atoms. The van der Waals surface area contributed by atoms with Gasteiger partial charge in [0.15, 0.2) is 17.5 Å². The number of halogens is 4. The molecule has 0 heterocycles.